The average molecular weight is 241 g/mol. The van der Waals surface area contributed by atoms with Crippen molar-refractivity contribution >= 4 is 0 Å². The Morgan fingerprint density at radius 1 is 1.35 bits per heavy atom. The first-order chi connectivity index (χ1) is 8.19. The maximum absolute atomic E-state index is 13.5. The summed E-state index contributed by atoms with van der Waals surface area (Å²) in [5.41, 5.74) is 0.568. The van der Waals surface area contributed by atoms with Gasteiger partial charge in [-0.2, -0.15) is 0 Å². The minimum atomic E-state index is -0.665. The molecular formula is C13H17F2NO. The molecule has 0 saturated carbocycles. The summed E-state index contributed by atoms with van der Waals surface area (Å²) < 4.78 is 32.1. The number of hydrogen-bond acceptors (Lipinski definition) is 2. The van der Waals surface area contributed by atoms with Crippen LogP contribution in [0.15, 0.2) is 24.8 Å². The molecule has 17 heavy (non-hydrogen) atoms. The molecule has 0 aliphatic heterocycles. The predicted octanol–water partition coefficient (Wildman–Crippen LogP) is 3.03. The quantitative estimate of drug-likeness (QED) is 0.585. The first-order valence-corrected chi connectivity index (χ1v) is 5.61. The molecule has 4 heteroatoms. The SMILES string of the molecule is C=CCCOc1c(F)cc(CNCC)cc1F. The minimum Gasteiger partial charge on any atom is -0.487 e. The monoisotopic (exact) mass is 241 g/mol. The van der Waals surface area contributed by atoms with E-state index in [1.54, 1.807) is 6.08 Å². The van der Waals surface area contributed by atoms with Crippen LogP contribution < -0.4 is 10.1 Å². The Hall–Kier alpha value is -1.42. The van der Waals surface area contributed by atoms with Gasteiger partial charge in [0.1, 0.15) is 0 Å². The fourth-order valence-electron chi connectivity index (χ4n) is 1.37. The molecule has 0 aliphatic rings. The zero-order valence-electron chi connectivity index (χ0n) is 9.93. The molecule has 94 valence electrons. The summed E-state index contributed by atoms with van der Waals surface area (Å²) in [7, 11) is 0. The molecule has 0 bridgehead atoms. The second-order valence-corrected chi connectivity index (χ2v) is 3.59. The van der Waals surface area contributed by atoms with Crippen LogP contribution in [0.3, 0.4) is 0 Å². The van der Waals surface area contributed by atoms with Crippen molar-refractivity contribution in [2.75, 3.05) is 13.2 Å². The predicted molar refractivity (Wildman–Crippen MR) is 64.0 cm³/mol. The standard InChI is InChI=1S/C13H17F2NO/c1-3-5-6-17-13-11(14)7-10(8-12(13)15)9-16-4-2/h3,7-8,16H,1,4-6,9H2,2H3. The van der Waals surface area contributed by atoms with Crippen LogP contribution in [0.5, 0.6) is 5.75 Å². The van der Waals surface area contributed by atoms with Crippen LogP contribution in [0.25, 0.3) is 0 Å². The smallest absolute Gasteiger partial charge is 0.190 e. The van der Waals surface area contributed by atoms with Crippen LogP contribution in [0.4, 0.5) is 8.78 Å². The van der Waals surface area contributed by atoms with E-state index in [0.717, 1.165) is 6.54 Å². The molecule has 0 amide bonds. The molecule has 0 atom stereocenters. The highest BCUT2D eigenvalue weighted by molar-refractivity contribution is 5.31. The van der Waals surface area contributed by atoms with Gasteiger partial charge in [0.2, 0.25) is 0 Å². The van der Waals surface area contributed by atoms with Crippen molar-refractivity contribution in [2.45, 2.75) is 19.9 Å². The molecule has 1 rings (SSSR count). The average Bonchev–Trinajstić information content (AvgIpc) is 2.30. The molecule has 1 aromatic rings. The highest BCUT2D eigenvalue weighted by Gasteiger charge is 2.12. The van der Waals surface area contributed by atoms with Crippen molar-refractivity contribution in [3.8, 4) is 5.75 Å². The van der Waals surface area contributed by atoms with E-state index >= 15 is 0 Å². The summed E-state index contributed by atoms with van der Waals surface area (Å²) in [6.07, 6.45) is 2.19. The number of hydrogen-bond donors (Lipinski definition) is 1. The van der Waals surface area contributed by atoms with Gasteiger partial charge in [-0.15, -0.1) is 6.58 Å². The van der Waals surface area contributed by atoms with Gasteiger partial charge < -0.3 is 10.1 Å². The van der Waals surface area contributed by atoms with E-state index in [1.165, 1.54) is 12.1 Å². The van der Waals surface area contributed by atoms with E-state index in [0.29, 0.717) is 18.5 Å². The van der Waals surface area contributed by atoms with Gasteiger partial charge in [-0.25, -0.2) is 8.78 Å². The van der Waals surface area contributed by atoms with Gasteiger partial charge in [0.25, 0.3) is 0 Å². The van der Waals surface area contributed by atoms with E-state index in [9.17, 15) is 8.78 Å². The molecule has 2 nitrogen and oxygen atoms in total. The lowest BCUT2D eigenvalue weighted by Gasteiger charge is -2.09. The molecule has 0 unspecified atom stereocenters. The number of halogens is 2. The Morgan fingerprint density at radius 3 is 2.53 bits per heavy atom. The molecule has 0 radical (unpaired) electrons. The van der Waals surface area contributed by atoms with Crippen molar-refractivity contribution in [1.82, 2.24) is 5.32 Å². The van der Waals surface area contributed by atoms with Gasteiger partial charge in [-0.05, 0) is 30.7 Å². The van der Waals surface area contributed by atoms with Gasteiger partial charge in [0.05, 0.1) is 6.61 Å². The van der Waals surface area contributed by atoms with Gasteiger partial charge in [0, 0.05) is 6.54 Å². The topological polar surface area (TPSA) is 21.3 Å². The van der Waals surface area contributed by atoms with Crippen molar-refractivity contribution in [3.05, 3.63) is 42.0 Å². The van der Waals surface area contributed by atoms with E-state index in [4.69, 9.17) is 4.74 Å². The van der Waals surface area contributed by atoms with Crippen molar-refractivity contribution in [1.29, 1.82) is 0 Å². The molecule has 0 fully saturated rings. The fourth-order valence-corrected chi connectivity index (χ4v) is 1.37. The van der Waals surface area contributed by atoms with Gasteiger partial charge in [-0.1, -0.05) is 13.0 Å². The number of rotatable bonds is 7. The number of benzene rings is 1. The Kier molecular flexibility index (Phi) is 5.63. The van der Waals surface area contributed by atoms with Crippen molar-refractivity contribution < 1.29 is 13.5 Å². The van der Waals surface area contributed by atoms with Gasteiger partial charge in [-0.3, -0.25) is 0 Å². The van der Waals surface area contributed by atoms with E-state index in [2.05, 4.69) is 11.9 Å². The molecule has 0 saturated heterocycles. The van der Waals surface area contributed by atoms with Crippen molar-refractivity contribution in [3.63, 3.8) is 0 Å². The highest BCUT2D eigenvalue weighted by Crippen LogP contribution is 2.23. The summed E-state index contributed by atoms with van der Waals surface area (Å²) in [5.74, 6) is -1.64. The molecule has 0 aliphatic carbocycles. The van der Waals surface area contributed by atoms with Crippen LogP contribution in [-0.4, -0.2) is 13.2 Å². The molecule has 0 heterocycles. The third-order valence-electron chi connectivity index (χ3n) is 2.21. The zero-order chi connectivity index (χ0) is 12.7. The molecule has 1 aromatic carbocycles. The van der Waals surface area contributed by atoms with E-state index < -0.39 is 11.6 Å². The molecular weight excluding hydrogens is 224 g/mol. The lowest BCUT2D eigenvalue weighted by atomic mass is 10.2. The van der Waals surface area contributed by atoms with E-state index in [1.807, 2.05) is 6.92 Å². The Morgan fingerprint density at radius 2 is 2.00 bits per heavy atom. The Balaban J connectivity index is 2.75. The second kappa shape index (κ2) is 7.01. The van der Waals surface area contributed by atoms with Gasteiger partial charge in [0.15, 0.2) is 17.4 Å². The summed E-state index contributed by atoms with van der Waals surface area (Å²) in [6, 6.07) is 2.57. The maximum atomic E-state index is 13.5. The third kappa shape index (κ3) is 4.15. The van der Waals surface area contributed by atoms with Crippen LogP contribution in [0.2, 0.25) is 0 Å². The maximum Gasteiger partial charge on any atom is 0.190 e. The molecule has 1 N–H and O–H groups in total. The lowest BCUT2D eigenvalue weighted by molar-refractivity contribution is 0.290. The van der Waals surface area contributed by atoms with Crippen LogP contribution in [0.1, 0.15) is 18.9 Å². The minimum absolute atomic E-state index is 0.226. The zero-order valence-corrected chi connectivity index (χ0v) is 9.93. The summed E-state index contributed by atoms with van der Waals surface area (Å²) >= 11 is 0. The van der Waals surface area contributed by atoms with Crippen LogP contribution >= 0.6 is 0 Å². The van der Waals surface area contributed by atoms with E-state index in [-0.39, 0.29) is 12.4 Å². The first kappa shape index (κ1) is 13.6. The fraction of sp³-hybridized carbons (Fsp3) is 0.385. The highest BCUT2D eigenvalue weighted by atomic mass is 19.1. The third-order valence-corrected chi connectivity index (χ3v) is 2.21. The molecule has 0 spiro atoms. The molecule has 0 aromatic heterocycles. The lowest BCUT2D eigenvalue weighted by Crippen LogP contribution is -2.12. The van der Waals surface area contributed by atoms with Gasteiger partial charge >= 0.3 is 0 Å². The summed E-state index contributed by atoms with van der Waals surface area (Å²) in [4.78, 5) is 0. The number of ether oxygens (including phenoxy) is 1. The second-order valence-electron chi connectivity index (χ2n) is 3.59. The normalized spacial score (nSPS) is 10.3. The van der Waals surface area contributed by atoms with Crippen LogP contribution in [-0.2, 0) is 6.54 Å². The van der Waals surface area contributed by atoms with Crippen molar-refractivity contribution in [2.24, 2.45) is 0 Å². The Bertz CT molecular complexity index is 357. The largest absolute Gasteiger partial charge is 0.487 e. The first-order valence-electron chi connectivity index (χ1n) is 5.61. The number of nitrogens with one attached hydrogen (secondary N) is 1. The van der Waals surface area contributed by atoms with Crippen LogP contribution in [0, 0.1) is 11.6 Å². The summed E-state index contributed by atoms with van der Waals surface area (Å²) in [5, 5.41) is 3.00. The summed E-state index contributed by atoms with van der Waals surface area (Å²) in [6.45, 7) is 6.86. The Labute approximate surface area is 100 Å².